The normalized spacial score (nSPS) is 33.8. The Hall–Kier alpha value is -0.900. The lowest BCUT2D eigenvalue weighted by Crippen LogP contribution is -2.32. The van der Waals surface area contributed by atoms with Crippen LogP contribution in [-0.2, 0) is 13.5 Å². The molecule has 0 radical (unpaired) electrons. The molecule has 1 aromatic rings. The van der Waals surface area contributed by atoms with Crippen LogP contribution in [0.1, 0.15) is 25.1 Å². The van der Waals surface area contributed by atoms with Crippen molar-refractivity contribution in [1.29, 1.82) is 0 Å². The summed E-state index contributed by atoms with van der Waals surface area (Å²) in [5.74, 6) is 4.01. The van der Waals surface area contributed by atoms with Gasteiger partial charge in [0, 0.05) is 19.5 Å². The van der Waals surface area contributed by atoms with Gasteiger partial charge in [-0.1, -0.05) is 6.42 Å². The van der Waals surface area contributed by atoms with E-state index in [2.05, 4.69) is 22.4 Å². The summed E-state index contributed by atoms with van der Waals surface area (Å²) < 4.78 is 1.89. The first-order valence-corrected chi connectivity index (χ1v) is 6.31. The third-order valence-electron chi connectivity index (χ3n) is 4.52. The van der Waals surface area contributed by atoms with Crippen LogP contribution in [0.2, 0.25) is 0 Å². The van der Waals surface area contributed by atoms with Crippen molar-refractivity contribution in [2.24, 2.45) is 24.8 Å². The maximum atomic E-state index is 4.32. The molecule has 2 saturated carbocycles. The summed E-state index contributed by atoms with van der Waals surface area (Å²) in [4.78, 5) is 4.32. The number of likely N-dealkylation sites (N-methyl/N-ethyl adjacent to an activating group) is 1. The van der Waals surface area contributed by atoms with Gasteiger partial charge in [-0.15, -0.1) is 0 Å². The Morgan fingerprint density at radius 1 is 1.50 bits per heavy atom. The van der Waals surface area contributed by atoms with E-state index in [-0.39, 0.29) is 0 Å². The van der Waals surface area contributed by atoms with Crippen molar-refractivity contribution in [1.82, 2.24) is 20.1 Å². The Kier molecular flexibility index (Phi) is 2.46. The smallest absolute Gasteiger partial charge is 0.138 e. The van der Waals surface area contributed by atoms with Crippen molar-refractivity contribution in [2.45, 2.75) is 31.7 Å². The molecule has 88 valence electrons. The molecule has 0 aromatic carbocycles. The molecular formula is C12H20N4. The van der Waals surface area contributed by atoms with Crippen LogP contribution in [0.4, 0.5) is 0 Å². The molecule has 3 rings (SSSR count). The van der Waals surface area contributed by atoms with Crippen molar-refractivity contribution in [2.75, 3.05) is 7.05 Å². The summed E-state index contributed by atoms with van der Waals surface area (Å²) in [6, 6.07) is 0.596. The van der Waals surface area contributed by atoms with Crippen molar-refractivity contribution in [3.63, 3.8) is 0 Å². The van der Waals surface area contributed by atoms with Gasteiger partial charge in [0.25, 0.3) is 0 Å². The number of hydrogen-bond donors (Lipinski definition) is 1. The fourth-order valence-electron chi connectivity index (χ4n) is 3.61. The third-order valence-corrected chi connectivity index (χ3v) is 4.52. The quantitative estimate of drug-likeness (QED) is 0.823. The molecule has 1 N–H and O–H groups in total. The molecule has 0 aliphatic heterocycles. The highest BCUT2D eigenvalue weighted by atomic mass is 15.3. The van der Waals surface area contributed by atoms with E-state index >= 15 is 0 Å². The molecule has 2 fully saturated rings. The molecule has 0 spiro atoms. The first kappa shape index (κ1) is 10.3. The second-order valence-electron chi connectivity index (χ2n) is 5.24. The maximum Gasteiger partial charge on any atom is 0.138 e. The number of fused-ring (bicyclic) bond motifs is 1. The lowest BCUT2D eigenvalue weighted by molar-refractivity contribution is 0.417. The Morgan fingerprint density at radius 3 is 2.81 bits per heavy atom. The van der Waals surface area contributed by atoms with Crippen LogP contribution in [0.3, 0.4) is 0 Å². The Morgan fingerprint density at radius 2 is 2.25 bits per heavy atom. The number of hydrogen-bond acceptors (Lipinski definition) is 3. The van der Waals surface area contributed by atoms with E-state index < -0.39 is 0 Å². The number of aryl methyl sites for hydroxylation is 1. The van der Waals surface area contributed by atoms with Gasteiger partial charge in [-0.2, -0.15) is 5.10 Å². The monoisotopic (exact) mass is 220 g/mol. The van der Waals surface area contributed by atoms with Crippen LogP contribution in [0.5, 0.6) is 0 Å². The van der Waals surface area contributed by atoms with Crippen LogP contribution in [0.15, 0.2) is 6.33 Å². The molecule has 16 heavy (non-hydrogen) atoms. The molecular weight excluding hydrogens is 200 g/mol. The lowest BCUT2D eigenvalue weighted by Gasteiger charge is -2.17. The van der Waals surface area contributed by atoms with Gasteiger partial charge in [-0.05, 0) is 37.6 Å². The van der Waals surface area contributed by atoms with Crippen molar-refractivity contribution in [3.05, 3.63) is 12.2 Å². The molecule has 4 nitrogen and oxygen atoms in total. The Bertz CT molecular complexity index is 363. The van der Waals surface area contributed by atoms with Crippen LogP contribution in [0.25, 0.3) is 0 Å². The molecule has 2 aliphatic rings. The minimum atomic E-state index is 0.596. The molecule has 4 heteroatoms. The minimum absolute atomic E-state index is 0.596. The van der Waals surface area contributed by atoms with E-state index in [1.807, 2.05) is 11.7 Å². The lowest BCUT2D eigenvalue weighted by atomic mass is 10.0. The van der Waals surface area contributed by atoms with Gasteiger partial charge in [0.2, 0.25) is 0 Å². The topological polar surface area (TPSA) is 42.7 Å². The van der Waals surface area contributed by atoms with Crippen molar-refractivity contribution >= 4 is 0 Å². The number of nitrogens with zero attached hydrogens (tertiary/aromatic N) is 3. The third kappa shape index (κ3) is 1.56. The van der Waals surface area contributed by atoms with Crippen LogP contribution in [0, 0.1) is 17.8 Å². The molecule has 0 amide bonds. The van der Waals surface area contributed by atoms with Crippen molar-refractivity contribution < 1.29 is 0 Å². The molecule has 2 aliphatic carbocycles. The number of aromatic nitrogens is 3. The highest BCUT2D eigenvalue weighted by Gasteiger charge is 2.55. The highest BCUT2D eigenvalue weighted by Crippen LogP contribution is 2.59. The molecule has 3 atom stereocenters. The zero-order chi connectivity index (χ0) is 11.1. The summed E-state index contributed by atoms with van der Waals surface area (Å²) in [6.07, 6.45) is 7.02. The Balaban J connectivity index is 1.66. The summed E-state index contributed by atoms with van der Waals surface area (Å²) in [7, 11) is 4.05. The zero-order valence-electron chi connectivity index (χ0n) is 10.1. The van der Waals surface area contributed by atoms with Gasteiger partial charge in [0.05, 0.1) is 0 Å². The second-order valence-corrected chi connectivity index (χ2v) is 5.24. The first-order valence-electron chi connectivity index (χ1n) is 6.31. The average molecular weight is 220 g/mol. The van der Waals surface area contributed by atoms with Crippen LogP contribution >= 0.6 is 0 Å². The fraction of sp³-hybridized carbons (Fsp3) is 0.833. The number of nitrogens with one attached hydrogen (secondary N) is 1. The van der Waals surface area contributed by atoms with Gasteiger partial charge in [0.15, 0.2) is 0 Å². The Labute approximate surface area is 96.4 Å². The van der Waals surface area contributed by atoms with Crippen LogP contribution < -0.4 is 5.32 Å². The van der Waals surface area contributed by atoms with E-state index in [4.69, 9.17) is 0 Å². The maximum absolute atomic E-state index is 4.32. The van der Waals surface area contributed by atoms with Gasteiger partial charge < -0.3 is 5.32 Å². The first-order chi connectivity index (χ1) is 7.81. The standard InChI is InChI=1S/C12H20N4/c1-13-10(6-11-14-7-15-16(11)2)12-8-4-3-5-9(8)12/h7-10,12-13H,3-6H2,1-2H3. The number of rotatable bonds is 4. The zero-order valence-corrected chi connectivity index (χ0v) is 10.1. The SMILES string of the molecule is CNC(Cc1ncnn1C)C1C2CCCC21. The fourth-order valence-corrected chi connectivity index (χ4v) is 3.61. The summed E-state index contributed by atoms with van der Waals surface area (Å²) in [5.41, 5.74) is 0. The summed E-state index contributed by atoms with van der Waals surface area (Å²) in [5, 5.41) is 7.61. The highest BCUT2D eigenvalue weighted by molar-refractivity contribution is 5.08. The van der Waals surface area contributed by atoms with E-state index in [0.717, 1.165) is 30.0 Å². The predicted molar refractivity (Wildman–Crippen MR) is 61.9 cm³/mol. The largest absolute Gasteiger partial charge is 0.316 e. The van der Waals surface area contributed by atoms with Gasteiger partial charge >= 0.3 is 0 Å². The van der Waals surface area contributed by atoms with Gasteiger partial charge in [0.1, 0.15) is 12.2 Å². The van der Waals surface area contributed by atoms with Gasteiger partial charge in [-0.3, -0.25) is 4.68 Å². The van der Waals surface area contributed by atoms with E-state index in [9.17, 15) is 0 Å². The molecule has 1 heterocycles. The molecule has 0 bridgehead atoms. The van der Waals surface area contributed by atoms with Crippen molar-refractivity contribution in [3.8, 4) is 0 Å². The molecule has 0 saturated heterocycles. The molecule has 3 unspecified atom stereocenters. The van der Waals surface area contributed by atoms with Gasteiger partial charge in [-0.25, -0.2) is 4.98 Å². The van der Waals surface area contributed by atoms with E-state index in [0.29, 0.717) is 6.04 Å². The minimum Gasteiger partial charge on any atom is -0.316 e. The second kappa shape index (κ2) is 3.84. The van der Waals surface area contributed by atoms with E-state index in [1.54, 1.807) is 6.33 Å². The summed E-state index contributed by atoms with van der Waals surface area (Å²) in [6.45, 7) is 0. The molecule has 1 aromatic heterocycles. The van der Waals surface area contributed by atoms with Crippen LogP contribution in [-0.4, -0.2) is 27.9 Å². The summed E-state index contributed by atoms with van der Waals surface area (Å²) >= 11 is 0. The average Bonchev–Trinajstić information content (AvgIpc) is 2.69. The van der Waals surface area contributed by atoms with E-state index in [1.165, 1.54) is 19.3 Å². The predicted octanol–water partition coefficient (Wildman–Crippen LogP) is 0.992.